The molecule has 3 heteroatoms. The predicted molar refractivity (Wildman–Crippen MR) is 48.2 cm³/mol. The monoisotopic (exact) mass is 184 g/mol. The van der Waals surface area contributed by atoms with Gasteiger partial charge in [0.05, 0.1) is 0 Å². The summed E-state index contributed by atoms with van der Waals surface area (Å²) in [6.07, 6.45) is -0.316. The van der Waals surface area contributed by atoms with Gasteiger partial charge in [-0.05, 0) is 37.6 Å². The molecule has 0 N–H and O–H groups in total. The third-order valence-corrected chi connectivity index (χ3v) is 1.76. The lowest BCUT2D eigenvalue weighted by Crippen LogP contribution is -2.14. The number of hydrogen-bond acceptors (Lipinski definition) is 2. The molecule has 0 heterocycles. The molecule has 1 unspecified atom stereocenters. The summed E-state index contributed by atoms with van der Waals surface area (Å²) in [5.41, 5.74) is 0.768. The minimum absolute atomic E-state index is 0.255. The smallest absolute Gasteiger partial charge is 0.196 e. The van der Waals surface area contributed by atoms with Crippen LogP contribution in [0.2, 0.25) is 0 Å². The predicted octanol–water partition coefficient (Wildman–Crippen LogP) is 2.51. The molecule has 0 aliphatic heterocycles. The zero-order valence-electron chi connectivity index (χ0n) is 8.00. The highest BCUT2D eigenvalue weighted by molar-refractivity contribution is 5.32. The van der Waals surface area contributed by atoms with Crippen LogP contribution in [0.5, 0.6) is 5.75 Å². The van der Waals surface area contributed by atoms with E-state index in [9.17, 15) is 4.39 Å². The fourth-order valence-electron chi connectivity index (χ4n) is 0.972. The Balaban J connectivity index is 2.77. The lowest BCUT2D eigenvalue weighted by atomic mass is 10.2. The quantitative estimate of drug-likeness (QED) is 0.672. The fourth-order valence-corrected chi connectivity index (χ4v) is 0.972. The van der Waals surface area contributed by atoms with Gasteiger partial charge in [0.2, 0.25) is 0 Å². The molecule has 1 aromatic rings. The van der Waals surface area contributed by atoms with Crippen LogP contribution in [0.15, 0.2) is 18.2 Å². The van der Waals surface area contributed by atoms with Crippen molar-refractivity contribution in [3.05, 3.63) is 29.6 Å². The van der Waals surface area contributed by atoms with E-state index < -0.39 is 0 Å². The molecular weight excluding hydrogens is 171 g/mol. The van der Waals surface area contributed by atoms with Gasteiger partial charge in [-0.25, -0.2) is 4.39 Å². The molecule has 0 spiro atoms. The minimum atomic E-state index is -0.316. The topological polar surface area (TPSA) is 18.5 Å². The Bertz CT molecular complexity index is 286. The Labute approximate surface area is 77.3 Å². The van der Waals surface area contributed by atoms with Gasteiger partial charge in [0.25, 0.3) is 0 Å². The van der Waals surface area contributed by atoms with E-state index in [0.29, 0.717) is 5.75 Å². The Morgan fingerprint density at radius 2 is 2.08 bits per heavy atom. The van der Waals surface area contributed by atoms with Gasteiger partial charge in [0.1, 0.15) is 11.6 Å². The fraction of sp³-hybridized carbons (Fsp3) is 0.400. The van der Waals surface area contributed by atoms with Crippen LogP contribution in [0.4, 0.5) is 4.39 Å². The summed E-state index contributed by atoms with van der Waals surface area (Å²) in [6, 6.07) is 4.39. The number of benzene rings is 1. The normalized spacial score (nSPS) is 12.6. The van der Waals surface area contributed by atoms with Crippen LogP contribution in [0.25, 0.3) is 0 Å². The second-order valence-electron chi connectivity index (χ2n) is 2.83. The molecular formula is C10H13FO2. The van der Waals surface area contributed by atoms with E-state index in [0.717, 1.165) is 5.56 Å². The van der Waals surface area contributed by atoms with Crippen molar-refractivity contribution >= 4 is 0 Å². The summed E-state index contributed by atoms with van der Waals surface area (Å²) in [5, 5.41) is 0. The van der Waals surface area contributed by atoms with E-state index >= 15 is 0 Å². The Hall–Kier alpha value is -1.09. The van der Waals surface area contributed by atoms with Crippen LogP contribution in [0, 0.1) is 12.7 Å². The first-order valence-corrected chi connectivity index (χ1v) is 4.09. The number of ether oxygens (including phenoxy) is 2. The maximum atomic E-state index is 12.7. The summed E-state index contributed by atoms with van der Waals surface area (Å²) >= 11 is 0. The van der Waals surface area contributed by atoms with Gasteiger partial charge >= 0.3 is 0 Å². The summed E-state index contributed by atoms with van der Waals surface area (Å²) < 4.78 is 23.0. The zero-order valence-corrected chi connectivity index (χ0v) is 8.00. The molecule has 0 radical (unpaired) electrons. The molecule has 1 rings (SSSR count). The van der Waals surface area contributed by atoms with Crippen molar-refractivity contribution in [2.45, 2.75) is 20.1 Å². The SMILES string of the molecule is COC(C)Oc1ccc(F)cc1C. The van der Waals surface area contributed by atoms with Crippen LogP contribution in [0.3, 0.4) is 0 Å². The van der Waals surface area contributed by atoms with Gasteiger partial charge in [-0.3, -0.25) is 0 Å². The van der Waals surface area contributed by atoms with Gasteiger partial charge in [-0.1, -0.05) is 0 Å². The molecule has 0 saturated carbocycles. The summed E-state index contributed by atoms with van der Waals surface area (Å²) in [6.45, 7) is 3.57. The second kappa shape index (κ2) is 4.23. The number of rotatable bonds is 3. The third kappa shape index (κ3) is 2.70. The minimum Gasteiger partial charge on any atom is -0.465 e. The number of hydrogen-bond donors (Lipinski definition) is 0. The molecule has 0 amide bonds. The molecule has 2 nitrogen and oxygen atoms in total. The van der Waals surface area contributed by atoms with E-state index in [1.807, 2.05) is 0 Å². The molecule has 1 aromatic carbocycles. The standard InChI is InChI=1S/C10H13FO2/c1-7-6-9(11)4-5-10(7)13-8(2)12-3/h4-6,8H,1-3H3. The first-order valence-electron chi connectivity index (χ1n) is 4.09. The Morgan fingerprint density at radius 3 is 2.62 bits per heavy atom. The molecule has 1 atom stereocenters. The molecule has 0 aliphatic rings. The van der Waals surface area contributed by atoms with Crippen LogP contribution in [0.1, 0.15) is 12.5 Å². The van der Waals surface area contributed by atoms with E-state index in [-0.39, 0.29) is 12.1 Å². The Morgan fingerprint density at radius 1 is 1.38 bits per heavy atom. The second-order valence-corrected chi connectivity index (χ2v) is 2.83. The van der Waals surface area contributed by atoms with Crippen molar-refractivity contribution in [1.82, 2.24) is 0 Å². The molecule has 0 aromatic heterocycles. The molecule has 72 valence electrons. The number of methoxy groups -OCH3 is 1. The summed E-state index contributed by atoms with van der Waals surface area (Å²) in [5.74, 6) is 0.394. The molecule has 0 bridgehead atoms. The van der Waals surface area contributed by atoms with Gasteiger partial charge in [-0.15, -0.1) is 0 Å². The summed E-state index contributed by atoms with van der Waals surface area (Å²) in [7, 11) is 1.56. The lowest BCUT2D eigenvalue weighted by Gasteiger charge is -2.14. The highest BCUT2D eigenvalue weighted by atomic mass is 19.1. The van der Waals surface area contributed by atoms with Gasteiger partial charge in [0, 0.05) is 7.11 Å². The van der Waals surface area contributed by atoms with E-state index in [1.54, 1.807) is 27.0 Å². The average molecular weight is 184 g/mol. The van der Waals surface area contributed by atoms with Gasteiger partial charge in [-0.2, -0.15) is 0 Å². The highest BCUT2D eigenvalue weighted by Gasteiger charge is 2.04. The van der Waals surface area contributed by atoms with Crippen molar-refractivity contribution in [3.63, 3.8) is 0 Å². The van der Waals surface area contributed by atoms with Crippen LogP contribution in [-0.2, 0) is 4.74 Å². The first kappa shape index (κ1) is 9.99. The lowest BCUT2D eigenvalue weighted by molar-refractivity contribution is -0.0387. The van der Waals surface area contributed by atoms with Crippen molar-refractivity contribution in [2.75, 3.05) is 7.11 Å². The average Bonchev–Trinajstić information content (AvgIpc) is 2.09. The molecule has 0 saturated heterocycles. The highest BCUT2D eigenvalue weighted by Crippen LogP contribution is 2.19. The van der Waals surface area contributed by atoms with Crippen molar-refractivity contribution in [3.8, 4) is 5.75 Å². The maximum absolute atomic E-state index is 12.7. The third-order valence-electron chi connectivity index (χ3n) is 1.76. The van der Waals surface area contributed by atoms with Gasteiger partial charge < -0.3 is 9.47 Å². The van der Waals surface area contributed by atoms with Crippen LogP contribution < -0.4 is 4.74 Å². The first-order chi connectivity index (χ1) is 6.13. The zero-order chi connectivity index (χ0) is 9.84. The molecule has 0 aliphatic carbocycles. The number of halogens is 1. The molecule has 13 heavy (non-hydrogen) atoms. The maximum Gasteiger partial charge on any atom is 0.196 e. The van der Waals surface area contributed by atoms with Crippen LogP contribution >= 0.6 is 0 Å². The Kier molecular flexibility index (Phi) is 3.25. The van der Waals surface area contributed by atoms with E-state index in [1.165, 1.54) is 12.1 Å². The number of aryl methyl sites for hydroxylation is 1. The molecule has 0 fully saturated rings. The van der Waals surface area contributed by atoms with Crippen molar-refractivity contribution in [1.29, 1.82) is 0 Å². The van der Waals surface area contributed by atoms with E-state index in [4.69, 9.17) is 9.47 Å². The van der Waals surface area contributed by atoms with Crippen molar-refractivity contribution < 1.29 is 13.9 Å². The van der Waals surface area contributed by atoms with Crippen molar-refractivity contribution in [2.24, 2.45) is 0 Å². The largest absolute Gasteiger partial charge is 0.465 e. The van der Waals surface area contributed by atoms with Gasteiger partial charge in [0.15, 0.2) is 6.29 Å². The van der Waals surface area contributed by atoms with Crippen LogP contribution in [-0.4, -0.2) is 13.4 Å². The summed E-state index contributed by atoms with van der Waals surface area (Å²) in [4.78, 5) is 0. The van der Waals surface area contributed by atoms with E-state index in [2.05, 4.69) is 0 Å².